The number of ether oxygens (including phenoxy) is 1. The van der Waals surface area contributed by atoms with Crippen molar-refractivity contribution in [3.05, 3.63) is 41.0 Å². The Bertz CT molecular complexity index is 1320. The number of carbonyl (C=O) groups excluding carboxylic acids is 3. The molecule has 2 saturated heterocycles. The number of likely N-dealkylation sites (tertiary alicyclic amines) is 2. The second kappa shape index (κ2) is 14.5. The van der Waals surface area contributed by atoms with E-state index in [2.05, 4.69) is 15.6 Å². The fraction of sp³-hybridized carbons (Fsp3) is 0.581. The second-order valence-corrected chi connectivity index (χ2v) is 13.5. The number of β-amino-alcohol motifs (C(OH)–C–C–N with tert-alkyl or cyclic N) is 1. The first-order chi connectivity index (χ1) is 20.8. The zero-order valence-electron chi connectivity index (χ0n) is 25.7. The summed E-state index contributed by atoms with van der Waals surface area (Å²) < 4.78 is 5.52. The van der Waals surface area contributed by atoms with E-state index in [-0.39, 0.29) is 32.0 Å². The second-order valence-electron chi connectivity index (χ2n) is 12.7. The average Bonchev–Trinajstić information content (AvgIpc) is 3.55. The van der Waals surface area contributed by atoms with Crippen molar-refractivity contribution in [3.8, 4) is 10.4 Å². The molecule has 2 aromatic rings. The van der Waals surface area contributed by atoms with Crippen LogP contribution in [0.15, 0.2) is 29.8 Å². The number of carbonyl (C=O) groups is 4. The number of rotatable bonds is 12. The van der Waals surface area contributed by atoms with E-state index < -0.39 is 41.5 Å². The van der Waals surface area contributed by atoms with Gasteiger partial charge in [-0.3, -0.25) is 14.4 Å². The predicted molar refractivity (Wildman–Crippen MR) is 165 cm³/mol. The van der Waals surface area contributed by atoms with Gasteiger partial charge in [-0.05, 0) is 42.2 Å². The minimum absolute atomic E-state index is 0.000753. The van der Waals surface area contributed by atoms with Crippen molar-refractivity contribution in [3.63, 3.8) is 0 Å². The van der Waals surface area contributed by atoms with E-state index in [1.807, 2.05) is 57.5 Å². The molecule has 4 N–H and O–H groups in total. The number of nitrogens with zero attached hydrogens (tertiary/aromatic N) is 3. The van der Waals surface area contributed by atoms with Gasteiger partial charge in [-0.2, -0.15) is 0 Å². The lowest BCUT2D eigenvalue weighted by molar-refractivity contribution is -0.144. The van der Waals surface area contributed by atoms with Gasteiger partial charge in [0.25, 0.3) is 0 Å². The van der Waals surface area contributed by atoms with Gasteiger partial charge >= 0.3 is 6.09 Å². The summed E-state index contributed by atoms with van der Waals surface area (Å²) in [5, 5.41) is 25.0. The molecule has 1 aromatic carbocycles. The summed E-state index contributed by atoms with van der Waals surface area (Å²) in [6.45, 7) is 8.89. The van der Waals surface area contributed by atoms with Crippen LogP contribution < -0.4 is 10.6 Å². The third kappa shape index (κ3) is 8.54. The van der Waals surface area contributed by atoms with Crippen LogP contribution in [-0.4, -0.2) is 99.8 Å². The summed E-state index contributed by atoms with van der Waals surface area (Å²) in [4.78, 5) is 58.7. The zero-order chi connectivity index (χ0) is 32.0. The summed E-state index contributed by atoms with van der Waals surface area (Å²) in [7, 11) is 0. The number of aryl methyl sites for hydroxylation is 1. The van der Waals surface area contributed by atoms with Crippen molar-refractivity contribution in [2.75, 3.05) is 32.8 Å². The molecule has 240 valence electrons. The first-order valence-electron chi connectivity index (χ1n) is 14.9. The molecule has 3 heterocycles. The molecule has 0 radical (unpaired) electrons. The number of hydrogen-bond donors (Lipinski definition) is 4. The minimum atomic E-state index is -0.932. The van der Waals surface area contributed by atoms with Crippen molar-refractivity contribution in [2.45, 2.75) is 71.7 Å². The molecule has 0 bridgehead atoms. The average molecular weight is 630 g/mol. The van der Waals surface area contributed by atoms with Crippen molar-refractivity contribution >= 4 is 35.2 Å². The monoisotopic (exact) mass is 629 g/mol. The quantitative estimate of drug-likeness (QED) is 0.261. The highest BCUT2D eigenvalue weighted by atomic mass is 32.1. The molecule has 2 aliphatic heterocycles. The van der Waals surface area contributed by atoms with Gasteiger partial charge in [0.2, 0.25) is 17.7 Å². The Kier molecular flexibility index (Phi) is 11.0. The van der Waals surface area contributed by atoms with Crippen LogP contribution >= 0.6 is 11.3 Å². The molecular weight excluding hydrogens is 586 g/mol. The highest BCUT2D eigenvalue weighted by Crippen LogP contribution is 2.28. The zero-order valence-corrected chi connectivity index (χ0v) is 26.6. The summed E-state index contributed by atoms with van der Waals surface area (Å²) in [6.07, 6.45) is -0.134. The van der Waals surface area contributed by atoms with Gasteiger partial charge in [0.05, 0.1) is 22.2 Å². The first-order valence-corrected chi connectivity index (χ1v) is 15.8. The number of benzene rings is 1. The summed E-state index contributed by atoms with van der Waals surface area (Å²) in [5.41, 5.74) is 4.06. The van der Waals surface area contributed by atoms with Gasteiger partial charge in [0.1, 0.15) is 18.7 Å². The molecule has 13 heteroatoms. The Morgan fingerprint density at radius 3 is 2.45 bits per heavy atom. The van der Waals surface area contributed by atoms with E-state index in [0.29, 0.717) is 32.0 Å². The Hall–Kier alpha value is -3.55. The van der Waals surface area contributed by atoms with Crippen LogP contribution in [0.2, 0.25) is 0 Å². The Balaban J connectivity index is 1.27. The number of carboxylic acid groups (broad SMARTS) is 1. The number of amides is 4. The third-order valence-electron chi connectivity index (χ3n) is 8.07. The van der Waals surface area contributed by atoms with Gasteiger partial charge in [-0.25, -0.2) is 9.78 Å². The summed E-state index contributed by atoms with van der Waals surface area (Å²) in [6, 6.07) is 6.06. The lowest BCUT2D eigenvalue weighted by Gasteiger charge is -2.37. The minimum Gasteiger partial charge on any atom is -0.465 e. The van der Waals surface area contributed by atoms with Crippen molar-refractivity contribution in [2.24, 2.45) is 11.3 Å². The molecule has 2 fully saturated rings. The standard InChI is InChI=1S/C31H43N5O7S/c1-19-26(44-18-33-19)22-9-7-20(8-10-22)13-32-28(39)24-12-23(37)16-36(24)29(40)27(31(2,3)4)34-25(38)17-43-11-5-6-21-14-35(15-21)30(41)42/h7-10,18,21,23-24,27,37H,5-6,11-17H2,1-4H3,(H,32,39)(H,34,38)(H,41,42)/t23-,24+,27-/m1/s1. The van der Waals surface area contributed by atoms with Gasteiger partial charge in [-0.15, -0.1) is 11.3 Å². The molecule has 12 nitrogen and oxygen atoms in total. The van der Waals surface area contributed by atoms with Crippen molar-refractivity contribution in [1.29, 1.82) is 0 Å². The molecule has 1 aromatic heterocycles. The molecule has 4 rings (SSSR count). The number of aliphatic hydroxyl groups excluding tert-OH is 1. The maximum absolute atomic E-state index is 13.7. The van der Waals surface area contributed by atoms with Crippen molar-refractivity contribution < 1.29 is 34.1 Å². The van der Waals surface area contributed by atoms with E-state index >= 15 is 0 Å². The molecule has 4 amide bonds. The van der Waals surface area contributed by atoms with Crippen LogP contribution in [0.4, 0.5) is 4.79 Å². The van der Waals surface area contributed by atoms with Crippen LogP contribution in [-0.2, 0) is 25.7 Å². The third-order valence-corrected chi connectivity index (χ3v) is 9.05. The SMILES string of the molecule is Cc1ncsc1-c1ccc(CNC(=O)[C@@H]2C[C@@H](O)CN2C(=O)[C@@H](NC(=O)COCCCC2CN(C(=O)O)C2)C(C)(C)C)cc1. The molecule has 3 atom stereocenters. The van der Waals surface area contributed by atoms with Crippen LogP contribution in [0.5, 0.6) is 0 Å². The lowest BCUT2D eigenvalue weighted by atomic mass is 9.85. The van der Waals surface area contributed by atoms with Crippen LogP contribution in [0.25, 0.3) is 10.4 Å². The van der Waals surface area contributed by atoms with Crippen LogP contribution in [0, 0.1) is 18.3 Å². The van der Waals surface area contributed by atoms with E-state index in [1.165, 1.54) is 9.80 Å². The number of aromatic nitrogens is 1. The molecule has 2 aliphatic rings. The predicted octanol–water partition coefficient (Wildman–Crippen LogP) is 2.63. The topological polar surface area (TPSA) is 161 Å². The number of hydrogen-bond acceptors (Lipinski definition) is 8. The highest BCUT2D eigenvalue weighted by Gasteiger charge is 2.44. The van der Waals surface area contributed by atoms with E-state index in [0.717, 1.165) is 28.1 Å². The molecule has 44 heavy (non-hydrogen) atoms. The lowest BCUT2D eigenvalue weighted by Crippen LogP contribution is -2.58. The largest absolute Gasteiger partial charge is 0.465 e. The van der Waals surface area contributed by atoms with Gasteiger partial charge in [0.15, 0.2) is 0 Å². The fourth-order valence-electron chi connectivity index (χ4n) is 5.53. The summed E-state index contributed by atoms with van der Waals surface area (Å²) in [5.74, 6) is -0.930. The normalized spacial score (nSPS) is 19.4. The fourth-order valence-corrected chi connectivity index (χ4v) is 6.34. The Morgan fingerprint density at radius 1 is 1.14 bits per heavy atom. The van der Waals surface area contributed by atoms with E-state index in [9.17, 15) is 24.3 Å². The molecular formula is C31H43N5O7S. The molecule has 0 unspecified atom stereocenters. The smallest absolute Gasteiger partial charge is 0.407 e. The molecule has 0 spiro atoms. The van der Waals surface area contributed by atoms with Gasteiger partial charge < -0.3 is 35.4 Å². The number of aliphatic hydroxyl groups is 1. The first kappa shape index (κ1) is 33.3. The Labute approximate surface area is 261 Å². The number of thiazole rings is 1. The van der Waals surface area contributed by atoms with Crippen molar-refractivity contribution in [1.82, 2.24) is 25.4 Å². The Morgan fingerprint density at radius 2 is 1.84 bits per heavy atom. The maximum Gasteiger partial charge on any atom is 0.407 e. The maximum atomic E-state index is 13.7. The van der Waals surface area contributed by atoms with Gasteiger partial charge in [0, 0.05) is 39.2 Å². The van der Waals surface area contributed by atoms with Crippen LogP contribution in [0.3, 0.4) is 0 Å². The highest BCUT2D eigenvalue weighted by molar-refractivity contribution is 7.13. The van der Waals surface area contributed by atoms with E-state index in [4.69, 9.17) is 9.84 Å². The molecule has 0 saturated carbocycles. The van der Waals surface area contributed by atoms with Crippen LogP contribution in [0.1, 0.15) is 51.3 Å². The summed E-state index contributed by atoms with van der Waals surface area (Å²) >= 11 is 1.57. The number of nitrogens with one attached hydrogen (secondary N) is 2. The molecule has 0 aliphatic carbocycles. The van der Waals surface area contributed by atoms with Gasteiger partial charge in [-0.1, -0.05) is 45.0 Å². The van der Waals surface area contributed by atoms with E-state index in [1.54, 1.807) is 11.3 Å².